The van der Waals surface area contributed by atoms with E-state index >= 15 is 0 Å². The minimum Gasteiger partial charge on any atom is -0.268 e. The monoisotopic (exact) mass is 330 g/mol. The van der Waals surface area contributed by atoms with Gasteiger partial charge in [0.05, 0.1) is 24.8 Å². The fourth-order valence-corrected chi connectivity index (χ4v) is 2.74. The van der Waals surface area contributed by atoms with Crippen LogP contribution in [0.5, 0.6) is 0 Å². The highest BCUT2D eigenvalue weighted by atomic mass is 15.6. The lowest BCUT2D eigenvalue weighted by molar-refractivity contribution is 0.572. The van der Waals surface area contributed by atoms with Gasteiger partial charge in [0.2, 0.25) is 5.82 Å². The van der Waals surface area contributed by atoms with E-state index in [1.165, 1.54) is 11.1 Å². The molecule has 0 radical (unpaired) electrons. The van der Waals surface area contributed by atoms with Crippen molar-refractivity contribution in [2.24, 2.45) is 0 Å². The zero-order valence-electron chi connectivity index (χ0n) is 13.9. The number of benzene rings is 2. The van der Waals surface area contributed by atoms with Gasteiger partial charge in [-0.3, -0.25) is 4.68 Å². The van der Waals surface area contributed by atoms with E-state index in [1.54, 1.807) is 11.0 Å². The molecule has 2 aromatic carbocycles. The molecule has 0 aliphatic heterocycles. The Balaban J connectivity index is 1.49. The molecular formula is C19H18N6. The van der Waals surface area contributed by atoms with Crippen molar-refractivity contribution in [3.05, 3.63) is 83.7 Å². The average molecular weight is 330 g/mol. The van der Waals surface area contributed by atoms with Crippen molar-refractivity contribution in [2.75, 3.05) is 0 Å². The van der Waals surface area contributed by atoms with Crippen LogP contribution in [0.15, 0.2) is 67.0 Å². The summed E-state index contributed by atoms with van der Waals surface area (Å²) in [6, 6.07) is 18.5. The third-order valence-corrected chi connectivity index (χ3v) is 3.94. The van der Waals surface area contributed by atoms with E-state index in [-0.39, 0.29) is 0 Å². The van der Waals surface area contributed by atoms with Crippen LogP contribution < -0.4 is 0 Å². The number of tetrazole rings is 1. The third-order valence-electron chi connectivity index (χ3n) is 3.94. The number of nitrogens with zero attached hydrogens (tertiary/aromatic N) is 6. The van der Waals surface area contributed by atoms with Crippen molar-refractivity contribution in [3.63, 3.8) is 0 Å². The van der Waals surface area contributed by atoms with Crippen LogP contribution in [0, 0.1) is 6.92 Å². The van der Waals surface area contributed by atoms with Crippen LogP contribution in [0.2, 0.25) is 0 Å². The Hall–Kier alpha value is -3.28. The van der Waals surface area contributed by atoms with Crippen molar-refractivity contribution in [1.82, 2.24) is 30.0 Å². The normalized spacial score (nSPS) is 10.9. The van der Waals surface area contributed by atoms with Gasteiger partial charge in [-0.05, 0) is 23.3 Å². The van der Waals surface area contributed by atoms with E-state index < -0.39 is 0 Å². The summed E-state index contributed by atoms with van der Waals surface area (Å²) in [5.41, 5.74) is 4.45. The molecule has 6 heteroatoms. The maximum atomic E-state index is 4.47. The Labute approximate surface area is 145 Å². The lowest BCUT2D eigenvalue weighted by atomic mass is 10.1. The molecule has 0 amide bonds. The molecule has 0 unspecified atom stereocenters. The molecule has 2 heterocycles. The van der Waals surface area contributed by atoms with Crippen LogP contribution in [-0.2, 0) is 13.1 Å². The maximum Gasteiger partial charge on any atom is 0.208 e. The number of rotatable bonds is 5. The lowest BCUT2D eigenvalue weighted by Crippen LogP contribution is -2.04. The second-order valence-corrected chi connectivity index (χ2v) is 6.04. The van der Waals surface area contributed by atoms with Gasteiger partial charge in [-0.1, -0.05) is 60.2 Å². The molecule has 4 aromatic rings. The summed E-state index contributed by atoms with van der Waals surface area (Å²) in [7, 11) is 0. The van der Waals surface area contributed by atoms with Gasteiger partial charge in [0, 0.05) is 6.20 Å². The molecule has 0 fully saturated rings. The number of aryl methyl sites for hydroxylation is 1. The first kappa shape index (κ1) is 15.3. The molecule has 6 nitrogen and oxygen atoms in total. The molecule has 0 bridgehead atoms. The number of aromatic nitrogens is 6. The molecule has 0 spiro atoms. The first-order valence-corrected chi connectivity index (χ1v) is 8.16. The van der Waals surface area contributed by atoms with Crippen LogP contribution >= 0.6 is 0 Å². The van der Waals surface area contributed by atoms with Gasteiger partial charge in [-0.15, -0.1) is 10.2 Å². The summed E-state index contributed by atoms with van der Waals surface area (Å²) < 4.78 is 1.88. The van der Waals surface area contributed by atoms with E-state index in [2.05, 4.69) is 57.8 Å². The Morgan fingerprint density at radius 3 is 2.60 bits per heavy atom. The van der Waals surface area contributed by atoms with Crippen LogP contribution in [0.25, 0.3) is 11.4 Å². The summed E-state index contributed by atoms with van der Waals surface area (Å²) in [6.45, 7) is 3.40. The maximum absolute atomic E-state index is 4.47. The smallest absolute Gasteiger partial charge is 0.208 e. The van der Waals surface area contributed by atoms with Crippen molar-refractivity contribution in [3.8, 4) is 11.4 Å². The summed E-state index contributed by atoms with van der Waals surface area (Å²) in [5, 5.41) is 17.2. The molecule has 0 saturated heterocycles. The van der Waals surface area contributed by atoms with Crippen molar-refractivity contribution in [2.45, 2.75) is 20.0 Å². The molecule has 0 saturated carbocycles. The van der Waals surface area contributed by atoms with Gasteiger partial charge in [0.1, 0.15) is 0 Å². The summed E-state index contributed by atoms with van der Waals surface area (Å²) in [5.74, 6) is 0.590. The van der Waals surface area contributed by atoms with E-state index in [0.717, 1.165) is 17.7 Å². The second kappa shape index (κ2) is 6.68. The molecule has 0 aliphatic carbocycles. The van der Waals surface area contributed by atoms with Gasteiger partial charge in [0.25, 0.3) is 0 Å². The quantitative estimate of drug-likeness (QED) is 0.564. The zero-order valence-corrected chi connectivity index (χ0v) is 13.9. The van der Waals surface area contributed by atoms with E-state index in [0.29, 0.717) is 12.4 Å². The first-order chi connectivity index (χ1) is 12.3. The molecule has 0 N–H and O–H groups in total. The lowest BCUT2D eigenvalue weighted by Gasteiger charge is -2.00. The third kappa shape index (κ3) is 3.63. The van der Waals surface area contributed by atoms with Crippen molar-refractivity contribution >= 4 is 0 Å². The average Bonchev–Trinajstić information content (AvgIpc) is 3.25. The number of hydrogen-bond acceptors (Lipinski definition) is 4. The Kier molecular flexibility index (Phi) is 4.08. The summed E-state index contributed by atoms with van der Waals surface area (Å²) in [4.78, 5) is 1.61. The van der Waals surface area contributed by atoms with Crippen LogP contribution in [0.3, 0.4) is 0 Å². The molecular weight excluding hydrogens is 312 g/mol. The predicted octanol–water partition coefficient (Wildman–Crippen LogP) is 2.94. The van der Waals surface area contributed by atoms with E-state index in [4.69, 9.17) is 0 Å². The molecule has 25 heavy (non-hydrogen) atoms. The Morgan fingerprint density at radius 1 is 0.920 bits per heavy atom. The van der Waals surface area contributed by atoms with Gasteiger partial charge in [-0.25, -0.2) is 0 Å². The minimum absolute atomic E-state index is 0.590. The predicted molar refractivity (Wildman–Crippen MR) is 94.9 cm³/mol. The Morgan fingerprint density at radius 2 is 1.76 bits per heavy atom. The summed E-state index contributed by atoms with van der Waals surface area (Å²) in [6.07, 6.45) is 3.72. The van der Waals surface area contributed by atoms with Crippen molar-refractivity contribution < 1.29 is 0 Å². The highest BCUT2D eigenvalue weighted by Gasteiger charge is 2.09. The van der Waals surface area contributed by atoms with Gasteiger partial charge >= 0.3 is 0 Å². The molecule has 2 aromatic heterocycles. The fourth-order valence-electron chi connectivity index (χ4n) is 2.74. The fraction of sp³-hybridized carbons (Fsp3) is 0.158. The van der Waals surface area contributed by atoms with Gasteiger partial charge < -0.3 is 0 Å². The van der Waals surface area contributed by atoms with Crippen LogP contribution in [0.4, 0.5) is 0 Å². The van der Waals surface area contributed by atoms with Gasteiger partial charge in [-0.2, -0.15) is 9.90 Å². The van der Waals surface area contributed by atoms with Crippen LogP contribution in [0.1, 0.15) is 16.7 Å². The molecule has 4 rings (SSSR count). The standard InChI is InChI=1S/C19H18N6/c1-15-6-5-9-17(10-15)13-25-22-19(21-23-25)18-11-20-24(14-18)12-16-7-3-2-4-8-16/h2-11,14H,12-13H2,1H3. The SMILES string of the molecule is Cc1cccc(Cn2nnc(-c3cnn(Cc4ccccc4)c3)n2)c1. The largest absolute Gasteiger partial charge is 0.268 e. The summed E-state index contributed by atoms with van der Waals surface area (Å²) >= 11 is 0. The van der Waals surface area contributed by atoms with E-state index in [9.17, 15) is 0 Å². The second-order valence-electron chi connectivity index (χ2n) is 6.04. The first-order valence-electron chi connectivity index (χ1n) is 8.16. The topological polar surface area (TPSA) is 61.4 Å². The Bertz CT molecular complexity index is 970. The molecule has 0 aliphatic rings. The minimum atomic E-state index is 0.590. The number of hydrogen-bond donors (Lipinski definition) is 0. The molecule has 0 atom stereocenters. The zero-order chi connectivity index (χ0) is 17.1. The van der Waals surface area contributed by atoms with Crippen molar-refractivity contribution in [1.29, 1.82) is 0 Å². The highest BCUT2D eigenvalue weighted by molar-refractivity contribution is 5.50. The van der Waals surface area contributed by atoms with Gasteiger partial charge in [0.15, 0.2) is 0 Å². The molecule has 124 valence electrons. The highest BCUT2D eigenvalue weighted by Crippen LogP contribution is 2.14. The van der Waals surface area contributed by atoms with Crippen LogP contribution in [-0.4, -0.2) is 30.0 Å². The van der Waals surface area contributed by atoms with E-state index in [1.807, 2.05) is 35.1 Å².